The predicted molar refractivity (Wildman–Crippen MR) is 82.9 cm³/mol. The minimum Gasteiger partial charge on any atom is -0.363 e. The maximum absolute atomic E-state index is 4.51. The van der Waals surface area contributed by atoms with E-state index in [0.29, 0.717) is 6.54 Å². The van der Waals surface area contributed by atoms with Crippen molar-refractivity contribution in [3.05, 3.63) is 26.5 Å². The number of thiazole rings is 1. The average molecular weight is 353 g/mol. The molecule has 0 saturated carbocycles. The van der Waals surface area contributed by atoms with Crippen molar-refractivity contribution in [2.24, 2.45) is 7.05 Å². The largest absolute Gasteiger partial charge is 0.363 e. The fourth-order valence-corrected chi connectivity index (χ4v) is 3.43. The molecular weight excluding hydrogens is 340 g/mol. The lowest BCUT2D eigenvalue weighted by molar-refractivity contribution is 0.777. The Morgan fingerprint density at radius 2 is 2.15 bits per heavy atom. The number of hydrogen-bond donors (Lipinski definition) is 1. The molecule has 0 radical (unpaired) electrons. The Morgan fingerprint density at radius 1 is 1.35 bits per heavy atom. The highest BCUT2D eigenvalue weighted by atomic mass is 79.9. The van der Waals surface area contributed by atoms with Gasteiger partial charge in [0.15, 0.2) is 5.65 Å². The van der Waals surface area contributed by atoms with Crippen LogP contribution in [0.15, 0.2) is 10.9 Å². The SMILES string of the molecule is Cc1nc(CNc2ncnc3c2c(Br)nn3C)sc1C. The van der Waals surface area contributed by atoms with E-state index in [9.17, 15) is 0 Å². The summed E-state index contributed by atoms with van der Waals surface area (Å²) in [6.45, 7) is 4.75. The lowest BCUT2D eigenvalue weighted by atomic mass is 10.4. The molecule has 3 heterocycles. The monoisotopic (exact) mass is 352 g/mol. The highest BCUT2D eigenvalue weighted by Gasteiger charge is 2.13. The van der Waals surface area contributed by atoms with Crippen LogP contribution in [0, 0.1) is 13.8 Å². The first-order valence-corrected chi connectivity index (χ1v) is 7.67. The number of hydrogen-bond acceptors (Lipinski definition) is 6. The zero-order valence-electron chi connectivity index (χ0n) is 11.3. The number of fused-ring (bicyclic) bond motifs is 1. The van der Waals surface area contributed by atoms with Gasteiger partial charge in [-0.2, -0.15) is 5.10 Å². The van der Waals surface area contributed by atoms with E-state index >= 15 is 0 Å². The summed E-state index contributed by atoms with van der Waals surface area (Å²) in [5.74, 6) is 0.764. The zero-order valence-corrected chi connectivity index (χ0v) is 13.7. The first-order chi connectivity index (χ1) is 9.56. The molecule has 0 unspecified atom stereocenters. The van der Waals surface area contributed by atoms with E-state index in [1.54, 1.807) is 16.0 Å². The number of anilines is 1. The van der Waals surface area contributed by atoms with Gasteiger partial charge in [0.05, 0.1) is 17.6 Å². The number of rotatable bonds is 3. The Morgan fingerprint density at radius 3 is 2.85 bits per heavy atom. The average Bonchev–Trinajstić information content (AvgIpc) is 2.89. The number of nitrogens with one attached hydrogen (secondary N) is 1. The molecule has 0 fully saturated rings. The normalized spacial score (nSPS) is 11.2. The molecule has 0 atom stereocenters. The van der Waals surface area contributed by atoms with Crippen molar-refractivity contribution in [3.8, 4) is 0 Å². The van der Waals surface area contributed by atoms with Gasteiger partial charge in [-0.1, -0.05) is 0 Å². The van der Waals surface area contributed by atoms with E-state index in [1.165, 1.54) is 11.2 Å². The number of halogens is 1. The fraction of sp³-hybridized carbons (Fsp3) is 0.333. The van der Waals surface area contributed by atoms with Crippen LogP contribution in [0.3, 0.4) is 0 Å². The Kier molecular flexibility index (Phi) is 3.43. The number of aryl methyl sites for hydroxylation is 3. The molecule has 0 aliphatic carbocycles. The van der Waals surface area contributed by atoms with Crippen LogP contribution in [0.5, 0.6) is 0 Å². The second kappa shape index (κ2) is 5.10. The quantitative estimate of drug-likeness (QED) is 0.784. The summed E-state index contributed by atoms with van der Waals surface area (Å²) >= 11 is 5.14. The Labute approximate surface area is 128 Å². The smallest absolute Gasteiger partial charge is 0.164 e. The first kappa shape index (κ1) is 13.4. The fourth-order valence-electron chi connectivity index (χ4n) is 1.95. The van der Waals surface area contributed by atoms with Gasteiger partial charge in [-0.15, -0.1) is 11.3 Å². The Bertz CT molecular complexity index is 758. The summed E-state index contributed by atoms with van der Waals surface area (Å²) in [4.78, 5) is 14.3. The summed E-state index contributed by atoms with van der Waals surface area (Å²) in [6.07, 6.45) is 1.54. The van der Waals surface area contributed by atoms with Crippen molar-refractivity contribution in [2.45, 2.75) is 20.4 Å². The molecule has 3 rings (SSSR count). The molecule has 0 spiro atoms. The van der Waals surface area contributed by atoms with Crippen molar-refractivity contribution in [1.82, 2.24) is 24.7 Å². The summed E-state index contributed by atoms with van der Waals surface area (Å²) in [5.41, 5.74) is 1.88. The van der Waals surface area contributed by atoms with Crippen molar-refractivity contribution in [2.75, 3.05) is 5.32 Å². The van der Waals surface area contributed by atoms with E-state index < -0.39 is 0 Å². The van der Waals surface area contributed by atoms with Gasteiger partial charge < -0.3 is 5.32 Å². The molecule has 0 aliphatic heterocycles. The van der Waals surface area contributed by atoms with Crippen molar-refractivity contribution < 1.29 is 0 Å². The molecule has 0 bridgehead atoms. The third-order valence-corrected chi connectivity index (χ3v) is 4.69. The maximum Gasteiger partial charge on any atom is 0.164 e. The molecule has 0 aliphatic rings. The lowest BCUT2D eigenvalue weighted by Crippen LogP contribution is -2.02. The van der Waals surface area contributed by atoms with Gasteiger partial charge in [0.25, 0.3) is 0 Å². The van der Waals surface area contributed by atoms with E-state index in [0.717, 1.165) is 32.2 Å². The minimum absolute atomic E-state index is 0.646. The summed E-state index contributed by atoms with van der Waals surface area (Å²) in [6, 6.07) is 0. The first-order valence-electron chi connectivity index (χ1n) is 6.06. The van der Waals surface area contributed by atoms with Gasteiger partial charge in [0.1, 0.15) is 21.8 Å². The lowest BCUT2D eigenvalue weighted by Gasteiger charge is -2.04. The molecule has 0 amide bonds. The van der Waals surface area contributed by atoms with E-state index in [4.69, 9.17) is 0 Å². The third-order valence-electron chi connectivity index (χ3n) is 3.06. The van der Waals surface area contributed by atoms with Crippen LogP contribution in [0.4, 0.5) is 5.82 Å². The molecule has 6 nitrogen and oxygen atoms in total. The number of aromatic nitrogens is 5. The molecule has 1 N–H and O–H groups in total. The third kappa shape index (κ3) is 2.29. The van der Waals surface area contributed by atoms with Gasteiger partial charge in [-0.3, -0.25) is 0 Å². The van der Waals surface area contributed by atoms with Crippen LogP contribution >= 0.6 is 27.3 Å². The van der Waals surface area contributed by atoms with Crippen molar-refractivity contribution in [1.29, 1.82) is 0 Å². The predicted octanol–water partition coefficient (Wildman–Crippen LogP) is 2.81. The van der Waals surface area contributed by atoms with E-state index in [-0.39, 0.29) is 0 Å². The second-order valence-electron chi connectivity index (χ2n) is 4.44. The van der Waals surface area contributed by atoms with E-state index in [2.05, 4.69) is 48.2 Å². The Balaban J connectivity index is 1.91. The molecule has 0 aromatic carbocycles. The molecule has 8 heteroatoms. The molecular formula is C12H13BrN6S. The molecule has 20 heavy (non-hydrogen) atoms. The van der Waals surface area contributed by atoms with Crippen LogP contribution in [-0.2, 0) is 13.6 Å². The summed E-state index contributed by atoms with van der Waals surface area (Å²) in [5, 5.41) is 9.55. The maximum atomic E-state index is 4.51. The van der Waals surface area contributed by atoms with Gasteiger partial charge in [0.2, 0.25) is 0 Å². The minimum atomic E-state index is 0.646. The summed E-state index contributed by atoms with van der Waals surface area (Å²) < 4.78 is 2.47. The zero-order chi connectivity index (χ0) is 14.3. The topological polar surface area (TPSA) is 68.5 Å². The van der Waals surface area contributed by atoms with Crippen LogP contribution < -0.4 is 5.32 Å². The second-order valence-corrected chi connectivity index (χ2v) is 6.48. The number of nitrogens with zero attached hydrogens (tertiary/aromatic N) is 5. The van der Waals surface area contributed by atoms with Gasteiger partial charge in [-0.05, 0) is 29.8 Å². The molecule has 0 saturated heterocycles. The Hall–Kier alpha value is -1.54. The van der Waals surface area contributed by atoms with Crippen LogP contribution in [-0.4, -0.2) is 24.7 Å². The van der Waals surface area contributed by atoms with Crippen LogP contribution in [0.25, 0.3) is 11.0 Å². The van der Waals surface area contributed by atoms with Crippen molar-refractivity contribution in [3.63, 3.8) is 0 Å². The summed E-state index contributed by atoms with van der Waals surface area (Å²) in [7, 11) is 1.86. The van der Waals surface area contributed by atoms with Crippen LogP contribution in [0.2, 0.25) is 0 Å². The highest BCUT2D eigenvalue weighted by Crippen LogP contribution is 2.27. The van der Waals surface area contributed by atoms with Gasteiger partial charge in [0, 0.05) is 11.9 Å². The van der Waals surface area contributed by atoms with Crippen LogP contribution in [0.1, 0.15) is 15.6 Å². The molecule has 3 aromatic heterocycles. The van der Waals surface area contributed by atoms with Gasteiger partial charge >= 0.3 is 0 Å². The standard InChI is InChI=1S/C12H13BrN6S/c1-6-7(2)20-8(17-6)4-14-11-9-10(13)18-19(3)12(9)16-5-15-11/h5H,4H2,1-3H3,(H,14,15,16). The van der Waals surface area contributed by atoms with Crippen molar-refractivity contribution >= 4 is 44.1 Å². The van der Waals surface area contributed by atoms with E-state index in [1.807, 2.05) is 14.0 Å². The molecule has 3 aromatic rings. The van der Waals surface area contributed by atoms with Gasteiger partial charge in [-0.25, -0.2) is 19.6 Å². The molecule has 104 valence electrons. The highest BCUT2D eigenvalue weighted by molar-refractivity contribution is 9.10.